The Labute approximate surface area is 102 Å². The van der Waals surface area contributed by atoms with Crippen LogP contribution in [0.3, 0.4) is 0 Å². The van der Waals surface area contributed by atoms with Gasteiger partial charge in [-0.1, -0.05) is 42.6 Å². The Bertz CT molecular complexity index is 306. The Morgan fingerprint density at radius 1 is 1.47 bits per heavy atom. The number of thiol groups is 1. The van der Waals surface area contributed by atoms with Crippen molar-refractivity contribution in [3.05, 3.63) is 34.9 Å². The van der Waals surface area contributed by atoms with Crippen molar-refractivity contribution < 1.29 is 0 Å². The number of halogens is 1. The van der Waals surface area contributed by atoms with E-state index in [-0.39, 0.29) is 6.04 Å². The maximum absolute atomic E-state index is 6.16. The summed E-state index contributed by atoms with van der Waals surface area (Å²) in [5.41, 5.74) is 6.75. The number of nitrogens with one attached hydrogen (secondary N) is 1. The van der Waals surface area contributed by atoms with Crippen LogP contribution in [0, 0.1) is 0 Å². The summed E-state index contributed by atoms with van der Waals surface area (Å²) in [4.78, 5) is 0. The first-order valence-electron chi connectivity index (χ1n) is 5.04. The lowest BCUT2D eigenvalue weighted by Gasteiger charge is -2.23. The number of hydrogen-bond acceptors (Lipinski definition) is 3. The van der Waals surface area contributed by atoms with Gasteiger partial charge in [-0.2, -0.15) is 0 Å². The Hall–Kier alpha value is -0.220. The summed E-state index contributed by atoms with van der Waals surface area (Å²) in [5, 5.41) is 0.798. The van der Waals surface area contributed by atoms with E-state index in [1.807, 2.05) is 24.3 Å². The number of benzene rings is 1. The normalized spacial score (nSPS) is 14.9. The molecule has 0 aromatic heterocycles. The van der Waals surface area contributed by atoms with E-state index >= 15 is 0 Å². The van der Waals surface area contributed by atoms with Crippen molar-refractivity contribution >= 4 is 24.4 Å². The van der Waals surface area contributed by atoms with E-state index in [9.17, 15) is 0 Å². The van der Waals surface area contributed by atoms with E-state index < -0.39 is 0 Å². The van der Waals surface area contributed by atoms with Crippen LogP contribution < -0.4 is 10.5 Å². The van der Waals surface area contributed by atoms with Crippen LogP contribution in [0.4, 0.5) is 0 Å². The average Bonchev–Trinajstić information content (AvgIpc) is 2.26. The van der Waals surface area contributed by atoms with Crippen LogP contribution >= 0.6 is 24.4 Å². The Morgan fingerprint density at radius 3 is 2.67 bits per heavy atom. The van der Waals surface area contributed by atoms with E-state index in [0.29, 0.717) is 12.5 Å². The second-order valence-electron chi connectivity index (χ2n) is 3.62. The molecule has 0 aliphatic heterocycles. The zero-order chi connectivity index (χ0) is 11.3. The van der Waals surface area contributed by atoms with E-state index in [0.717, 1.165) is 17.0 Å². The van der Waals surface area contributed by atoms with Crippen molar-refractivity contribution in [2.45, 2.75) is 25.3 Å². The molecule has 2 unspecified atom stereocenters. The minimum Gasteiger partial charge on any atom is -0.330 e. The van der Waals surface area contributed by atoms with Crippen LogP contribution in [-0.4, -0.2) is 12.6 Å². The molecule has 0 saturated carbocycles. The molecular formula is C11H17ClN2S. The summed E-state index contributed by atoms with van der Waals surface area (Å²) >= 11 is 10.3. The van der Waals surface area contributed by atoms with Gasteiger partial charge in [-0.3, -0.25) is 4.72 Å². The van der Waals surface area contributed by atoms with E-state index in [1.54, 1.807) is 0 Å². The average molecular weight is 245 g/mol. The lowest BCUT2D eigenvalue weighted by molar-refractivity contribution is 0.514. The van der Waals surface area contributed by atoms with Crippen LogP contribution in [0.1, 0.15) is 24.8 Å². The third-order valence-electron chi connectivity index (χ3n) is 2.59. The molecule has 0 amide bonds. The molecule has 0 bridgehead atoms. The van der Waals surface area contributed by atoms with Crippen LogP contribution in [0.2, 0.25) is 5.02 Å². The molecule has 0 spiro atoms. The van der Waals surface area contributed by atoms with Gasteiger partial charge in [-0.25, -0.2) is 0 Å². The van der Waals surface area contributed by atoms with Crippen LogP contribution in [-0.2, 0) is 0 Å². The molecule has 0 aliphatic rings. The maximum atomic E-state index is 6.16. The smallest absolute Gasteiger partial charge is 0.0441 e. The quantitative estimate of drug-likeness (QED) is 0.697. The third-order valence-corrected chi connectivity index (χ3v) is 3.34. The molecule has 84 valence electrons. The number of hydrogen-bond donors (Lipinski definition) is 3. The molecule has 0 saturated heterocycles. The van der Waals surface area contributed by atoms with Gasteiger partial charge in [0.1, 0.15) is 0 Å². The molecule has 1 aromatic carbocycles. The first-order valence-corrected chi connectivity index (χ1v) is 5.87. The summed E-state index contributed by atoms with van der Waals surface area (Å²) in [6.07, 6.45) is 0.901. The molecule has 2 atom stereocenters. The molecule has 1 aromatic rings. The maximum Gasteiger partial charge on any atom is 0.0441 e. The van der Waals surface area contributed by atoms with Gasteiger partial charge in [0.05, 0.1) is 0 Å². The highest BCUT2D eigenvalue weighted by Crippen LogP contribution is 2.29. The van der Waals surface area contributed by atoms with Crippen LogP contribution in [0.25, 0.3) is 0 Å². The second-order valence-corrected chi connectivity index (χ2v) is 4.29. The predicted octanol–water partition coefficient (Wildman–Crippen LogP) is 2.60. The standard InChI is InChI=1S/C11H17ClN2S/c1-8(14-15)9(6-7-13)10-4-2-3-5-11(10)12/h2-5,8-9,14-15H,6-7,13H2,1H3. The highest BCUT2D eigenvalue weighted by Gasteiger charge is 2.19. The summed E-state index contributed by atoms with van der Waals surface area (Å²) in [6, 6.07) is 8.13. The van der Waals surface area contributed by atoms with Crippen molar-refractivity contribution in [3.8, 4) is 0 Å². The van der Waals surface area contributed by atoms with Gasteiger partial charge in [0, 0.05) is 17.0 Å². The van der Waals surface area contributed by atoms with Crippen molar-refractivity contribution in [2.75, 3.05) is 6.54 Å². The SMILES string of the molecule is CC(NS)C(CCN)c1ccccc1Cl. The first kappa shape index (κ1) is 12.8. The van der Waals surface area contributed by atoms with Gasteiger partial charge in [0.2, 0.25) is 0 Å². The van der Waals surface area contributed by atoms with E-state index in [1.165, 1.54) is 0 Å². The van der Waals surface area contributed by atoms with Gasteiger partial charge in [-0.15, -0.1) is 0 Å². The lowest BCUT2D eigenvalue weighted by atomic mass is 9.90. The molecule has 0 heterocycles. The zero-order valence-corrected chi connectivity index (χ0v) is 10.4. The minimum absolute atomic E-state index is 0.247. The fourth-order valence-electron chi connectivity index (χ4n) is 1.72. The first-order chi connectivity index (χ1) is 7.20. The zero-order valence-electron chi connectivity index (χ0n) is 8.78. The number of nitrogens with two attached hydrogens (primary N) is 1. The van der Waals surface area contributed by atoms with Crippen LogP contribution in [0.15, 0.2) is 24.3 Å². The van der Waals surface area contributed by atoms with Gasteiger partial charge in [0.15, 0.2) is 0 Å². The topological polar surface area (TPSA) is 38.0 Å². The molecule has 0 fully saturated rings. The van der Waals surface area contributed by atoms with Crippen molar-refractivity contribution in [3.63, 3.8) is 0 Å². The highest BCUT2D eigenvalue weighted by molar-refractivity contribution is 7.78. The second kappa shape index (κ2) is 6.38. The molecule has 1 rings (SSSR count). The molecular weight excluding hydrogens is 228 g/mol. The van der Waals surface area contributed by atoms with Crippen molar-refractivity contribution in [2.24, 2.45) is 5.73 Å². The highest BCUT2D eigenvalue weighted by atomic mass is 35.5. The monoisotopic (exact) mass is 244 g/mol. The van der Waals surface area contributed by atoms with E-state index in [4.69, 9.17) is 17.3 Å². The molecule has 2 nitrogen and oxygen atoms in total. The van der Waals surface area contributed by atoms with E-state index in [2.05, 4.69) is 24.5 Å². The van der Waals surface area contributed by atoms with Crippen molar-refractivity contribution in [1.29, 1.82) is 0 Å². The Morgan fingerprint density at radius 2 is 2.13 bits per heavy atom. The van der Waals surface area contributed by atoms with Gasteiger partial charge in [0.25, 0.3) is 0 Å². The van der Waals surface area contributed by atoms with Crippen molar-refractivity contribution in [1.82, 2.24) is 4.72 Å². The summed E-state index contributed by atoms with van der Waals surface area (Å²) in [6.45, 7) is 2.73. The van der Waals surface area contributed by atoms with Crippen LogP contribution in [0.5, 0.6) is 0 Å². The molecule has 3 N–H and O–H groups in total. The Kier molecular flexibility index (Phi) is 5.47. The fourth-order valence-corrected chi connectivity index (χ4v) is 2.18. The third kappa shape index (κ3) is 3.38. The van der Waals surface area contributed by atoms with Gasteiger partial charge in [-0.05, 0) is 31.5 Å². The summed E-state index contributed by atoms with van der Waals surface area (Å²) in [7, 11) is 0. The van der Waals surface area contributed by atoms with Gasteiger partial charge < -0.3 is 5.73 Å². The lowest BCUT2D eigenvalue weighted by Crippen LogP contribution is -2.27. The largest absolute Gasteiger partial charge is 0.330 e. The molecule has 0 radical (unpaired) electrons. The minimum atomic E-state index is 0.247. The molecule has 15 heavy (non-hydrogen) atoms. The molecule has 0 aliphatic carbocycles. The van der Waals surface area contributed by atoms with Gasteiger partial charge >= 0.3 is 0 Å². The summed E-state index contributed by atoms with van der Waals surface area (Å²) < 4.78 is 2.96. The Balaban J connectivity index is 2.93. The summed E-state index contributed by atoms with van der Waals surface area (Å²) in [5.74, 6) is 0.307. The molecule has 4 heteroatoms. The number of rotatable bonds is 5. The fraction of sp³-hybridized carbons (Fsp3) is 0.455. The predicted molar refractivity (Wildman–Crippen MR) is 69.4 cm³/mol.